The zero-order chi connectivity index (χ0) is 19.5. The molecule has 4 rings (SSSR count). The van der Waals surface area contributed by atoms with Crippen molar-refractivity contribution < 1.29 is 0 Å². The minimum atomic E-state index is -0.405. The van der Waals surface area contributed by atoms with E-state index in [0.717, 1.165) is 15.8 Å². The molecule has 0 saturated carbocycles. The van der Waals surface area contributed by atoms with Gasteiger partial charge in [0.2, 0.25) is 5.95 Å². The third-order valence-electron chi connectivity index (χ3n) is 5.02. The second-order valence-corrected chi connectivity index (χ2v) is 7.20. The third kappa shape index (κ3) is 2.59. The standard InChI is InChI=1S/C18H19ClN6O2/c1-10-11(2)25-14-15(22(3)18(27)23(4)16(14)26)20-17(25)24(21-10)9-12-5-7-13(19)8-6-12/h5-8,11H,9H2,1-4H3/t11-/m1/s1. The SMILES string of the molecule is CC1=NN(Cc2ccc(Cl)cc2)c2nc3c(c(=O)n(C)c(=O)n3C)n2[C@@H]1C. The Balaban J connectivity index is 1.95. The predicted octanol–water partition coefficient (Wildman–Crippen LogP) is 2.04. The fourth-order valence-corrected chi connectivity index (χ4v) is 3.45. The molecule has 0 N–H and O–H groups in total. The highest BCUT2D eigenvalue weighted by Crippen LogP contribution is 2.30. The summed E-state index contributed by atoms with van der Waals surface area (Å²) in [7, 11) is 3.09. The molecule has 1 aliphatic heterocycles. The summed E-state index contributed by atoms with van der Waals surface area (Å²) in [6.07, 6.45) is 0. The van der Waals surface area contributed by atoms with E-state index in [1.165, 1.54) is 11.6 Å². The van der Waals surface area contributed by atoms with Gasteiger partial charge in [0.15, 0.2) is 11.2 Å². The lowest BCUT2D eigenvalue weighted by Crippen LogP contribution is -2.38. The van der Waals surface area contributed by atoms with E-state index in [1.807, 2.05) is 42.7 Å². The Morgan fingerprint density at radius 3 is 2.44 bits per heavy atom. The number of imidazole rings is 1. The Morgan fingerprint density at radius 2 is 1.78 bits per heavy atom. The highest BCUT2D eigenvalue weighted by molar-refractivity contribution is 6.30. The number of halogens is 1. The fraction of sp³-hybridized carbons (Fsp3) is 0.333. The Morgan fingerprint density at radius 1 is 1.11 bits per heavy atom. The number of aryl methyl sites for hydroxylation is 1. The number of anilines is 1. The normalized spacial score (nSPS) is 16.6. The van der Waals surface area contributed by atoms with Crippen LogP contribution in [0.2, 0.25) is 5.02 Å². The van der Waals surface area contributed by atoms with Crippen LogP contribution < -0.4 is 16.3 Å². The lowest BCUT2D eigenvalue weighted by atomic mass is 10.2. The van der Waals surface area contributed by atoms with Gasteiger partial charge in [-0.2, -0.15) is 10.1 Å². The summed E-state index contributed by atoms with van der Waals surface area (Å²) in [4.78, 5) is 29.7. The highest BCUT2D eigenvalue weighted by Gasteiger charge is 2.30. The van der Waals surface area contributed by atoms with Crippen molar-refractivity contribution in [1.82, 2.24) is 18.7 Å². The van der Waals surface area contributed by atoms with Crippen molar-refractivity contribution in [2.24, 2.45) is 19.2 Å². The highest BCUT2D eigenvalue weighted by atomic mass is 35.5. The number of hydrogen-bond acceptors (Lipinski definition) is 5. The monoisotopic (exact) mass is 386 g/mol. The predicted molar refractivity (Wildman–Crippen MR) is 106 cm³/mol. The maximum absolute atomic E-state index is 12.8. The van der Waals surface area contributed by atoms with E-state index >= 15 is 0 Å². The van der Waals surface area contributed by atoms with E-state index in [2.05, 4.69) is 10.1 Å². The maximum atomic E-state index is 12.8. The average molecular weight is 387 g/mol. The summed E-state index contributed by atoms with van der Waals surface area (Å²) in [5.41, 5.74) is 1.85. The van der Waals surface area contributed by atoms with Crippen LogP contribution in [0.15, 0.2) is 39.0 Å². The molecule has 0 spiro atoms. The maximum Gasteiger partial charge on any atom is 0.332 e. The first-order chi connectivity index (χ1) is 12.8. The van der Waals surface area contributed by atoms with Gasteiger partial charge >= 0.3 is 5.69 Å². The molecular formula is C18H19ClN6O2. The first-order valence-corrected chi connectivity index (χ1v) is 8.92. The molecule has 0 saturated heterocycles. The van der Waals surface area contributed by atoms with Gasteiger partial charge < -0.3 is 0 Å². The number of hydrogen-bond donors (Lipinski definition) is 0. The van der Waals surface area contributed by atoms with Crippen LogP contribution in [0.25, 0.3) is 11.2 Å². The van der Waals surface area contributed by atoms with Crippen LogP contribution >= 0.6 is 11.6 Å². The van der Waals surface area contributed by atoms with Crippen LogP contribution in [0.1, 0.15) is 25.5 Å². The van der Waals surface area contributed by atoms with E-state index in [0.29, 0.717) is 28.7 Å². The van der Waals surface area contributed by atoms with E-state index in [9.17, 15) is 9.59 Å². The van der Waals surface area contributed by atoms with E-state index in [-0.39, 0.29) is 11.6 Å². The van der Waals surface area contributed by atoms with E-state index in [1.54, 1.807) is 12.1 Å². The van der Waals surface area contributed by atoms with Crippen molar-refractivity contribution in [2.45, 2.75) is 26.4 Å². The Hall–Kier alpha value is -2.87. The number of nitrogens with zero attached hydrogens (tertiary/aromatic N) is 6. The molecule has 0 fully saturated rings. The van der Waals surface area contributed by atoms with Gasteiger partial charge in [-0.05, 0) is 31.5 Å². The summed E-state index contributed by atoms with van der Waals surface area (Å²) in [5.74, 6) is 0.538. The second kappa shape index (κ2) is 6.09. The first-order valence-electron chi connectivity index (χ1n) is 8.54. The van der Waals surface area contributed by atoms with Gasteiger partial charge in [0.05, 0.1) is 18.3 Å². The van der Waals surface area contributed by atoms with E-state index < -0.39 is 5.69 Å². The minimum Gasteiger partial charge on any atom is -0.294 e. The number of aromatic nitrogens is 4. The molecule has 0 bridgehead atoms. The summed E-state index contributed by atoms with van der Waals surface area (Å²) in [5, 5.41) is 7.08. The summed E-state index contributed by atoms with van der Waals surface area (Å²) in [6, 6.07) is 7.35. The lowest BCUT2D eigenvalue weighted by molar-refractivity contribution is 0.634. The minimum absolute atomic E-state index is 0.142. The topological polar surface area (TPSA) is 77.4 Å². The molecule has 8 nitrogen and oxygen atoms in total. The molecule has 0 radical (unpaired) electrons. The molecule has 1 aromatic carbocycles. The Labute approximate surface area is 159 Å². The number of fused-ring (bicyclic) bond motifs is 3. The zero-order valence-electron chi connectivity index (χ0n) is 15.5. The van der Waals surface area contributed by atoms with Crippen LogP contribution in [0.3, 0.4) is 0 Å². The molecule has 1 atom stereocenters. The van der Waals surface area contributed by atoms with Crippen LogP contribution in [-0.2, 0) is 20.6 Å². The van der Waals surface area contributed by atoms with Gasteiger partial charge in [0.1, 0.15) is 0 Å². The number of benzene rings is 1. The largest absolute Gasteiger partial charge is 0.332 e. The van der Waals surface area contributed by atoms with Gasteiger partial charge in [-0.25, -0.2) is 9.80 Å². The molecule has 0 amide bonds. The van der Waals surface area contributed by atoms with Crippen molar-refractivity contribution in [1.29, 1.82) is 0 Å². The molecule has 27 heavy (non-hydrogen) atoms. The molecule has 1 aliphatic rings. The third-order valence-corrected chi connectivity index (χ3v) is 5.27. The van der Waals surface area contributed by atoms with Crippen molar-refractivity contribution in [3.63, 3.8) is 0 Å². The molecule has 0 unspecified atom stereocenters. The number of rotatable bonds is 2. The van der Waals surface area contributed by atoms with Crippen molar-refractivity contribution in [3.8, 4) is 0 Å². The first kappa shape index (κ1) is 17.5. The summed E-state index contributed by atoms with van der Waals surface area (Å²) < 4.78 is 4.36. The lowest BCUT2D eigenvalue weighted by Gasteiger charge is -2.29. The molecule has 0 aliphatic carbocycles. The summed E-state index contributed by atoms with van der Waals surface area (Å²) in [6.45, 7) is 4.35. The zero-order valence-corrected chi connectivity index (χ0v) is 16.2. The van der Waals surface area contributed by atoms with Crippen molar-refractivity contribution in [3.05, 3.63) is 55.7 Å². The van der Waals surface area contributed by atoms with Crippen molar-refractivity contribution >= 4 is 34.4 Å². The molecule has 3 heterocycles. The average Bonchev–Trinajstić information content (AvgIpc) is 3.05. The van der Waals surface area contributed by atoms with Gasteiger partial charge in [0.25, 0.3) is 5.56 Å². The molecule has 9 heteroatoms. The fourth-order valence-electron chi connectivity index (χ4n) is 3.33. The van der Waals surface area contributed by atoms with Gasteiger partial charge in [-0.15, -0.1) is 0 Å². The molecule has 140 valence electrons. The van der Waals surface area contributed by atoms with Gasteiger partial charge in [0, 0.05) is 19.1 Å². The smallest absolute Gasteiger partial charge is 0.294 e. The van der Waals surface area contributed by atoms with Crippen LogP contribution in [0.4, 0.5) is 5.95 Å². The van der Waals surface area contributed by atoms with Crippen molar-refractivity contribution in [2.75, 3.05) is 5.01 Å². The number of hydrazone groups is 1. The Kier molecular flexibility index (Phi) is 3.96. The van der Waals surface area contributed by atoms with Crippen LogP contribution in [-0.4, -0.2) is 24.4 Å². The quantitative estimate of drug-likeness (QED) is 0.675. The van der Waals surface area contributed by atoms with Gasteiger partial charge in [-0.3, -0.25) is 18.5 Å². The summed E-state index contributed by atoms with van der Waals surface area (Å²) >= 11 is 5.97. The molecule has 3 aromatic rings. The second-order valence-electron chi connectivity index (χ2n) is 6.76. The van der Waals surface area contributed by atoms with Crippen LogP contribution in [0, 0.1) is 0 Å². The Bertz CT molecular complexity index is 1200. The molecule has 2 aromatic heterocycles. The van der Waals surface area contributed by atoms with Crippen LogP contribution in [0.5, 0.6) is 0 Å². The molecular weight excluding hydrogens is 368 g/mol. The van der Waals surface area contributed by atoms with E-state index in [4.69, 9.17) is 11.6 Å². The van der Waals surface area contributed by atoms with Gasteiger partial charge in [-0.1, -0.05) is 23.7 Å².